The van der Waals surface area contributed by atoms with Crippen LogP contribution in [0, 0.1) is 0 Å². The van der Waals surface area contributed by atoms with Crippen LogP contribution in [0.25, 0.3) is 10.8 Å². The van der Waals surface area contributed by atoms with Crippen LogP contribution in [0.15, 0.2) is 30.5 Å². The molecular formula is C13H18N4. The van der Waals surface area contributed by atoms with Crippen molar-refractivity contribution in [3.8, 4) is 0 Å². The van der Waals surface area contributed by atoms with Crippen LogP contribution in [0.1, 0.15) is 0 Å². The van der Waals surface area contributed by atoms with Crippen molar-refractivity contribution in [1.82, 2.24) is 9.88 Å². The summed E-state index contributed by atoms with van der Waals surface area (Å²) >= 11 is 0. The minimum absolute atomic E-state index is 0.767. The first-order valence-corrected chi connectivity index (χ1v) is 5.70. The maximum Gasteiger partial charge on any atom is 0.135 e. The Morgan fingerprint density at radius 1 is 1.29 bits per heavy atom. The minimum atomic E-state index is 0.767. The molecule has 0 radical (unpaired) electrons. The minimum Gasteiger partial charge on any atom is -0.398 e. The molecule has 3 N–H and O–H groups in total. The number of fused-ring (bicyclic) bond motifs is 1. The fourth-order valence-corrected chi connectivity index (χ4v) is 1.79. The number of rotatable bonds is 4. The van der Waals surface area contributed by atoms with Gasteiger partial charge < -0.3 is 16.0 Å². The molecule has 4 nitrogen and oxygen atoms in total. The molecule has 0 aliphatic carbocycles. The van der Waals surface area contributed by atoms with Gasteiger partial charge in [-0.3, -0.25) is 0 Å². The van der Waals surface area contributed by atoms with Gasteiger partial charge in [-0.2, -0.15) is 0 Å². The van der Waals surface area contributed by atoms with Gasteiger partial charge in [0.2, 0.25) is 0 Å². The summed E-state index contributed by atoms with van der Waals surface area (Å²) < 4.78 is 0. The standard InChI is InChI=1S/C13H18N4/c1-17(2)9-8-16-13-12-10(6-7-15-13)4-3-5-11(12)14/h3-7H,8-9,14H2,1-2H3,(H,15,16). The Bertz CT molecular complexity index is 502. The lowest BCUT2D eigenvalue weighted by Crippen LogP contribution is -2.21. The van der Waals surface area contributed by atoms with Crippen molar-refractivity contribution in [3.63, 3.8) is 0 Å². The highest BCUT2D eigenvalue weighted by Crippen LogP contribution is 2.26. The highest BCUT2D eigenvalue weighted by atomic mass is 15.1. The van der Waals surface area contributed by atoms with E-state index in [2.05, 4.69) is 15.2 Å². The molecule has 0 saturated heterocycles. The smallest absolute Gasteiger partial charge is 0.135 e. The van der Waals surface area contributed by atoms with E-state index in [-0.39, 0.29) is 0 Å². The van der Waals surface area contributed by atoms with Crippen molar-refractivity contribution in [1.29, 1.82) is 0 Å². The normalized spacial score (nSPS) is 11.0. The molecule has 0 aliphatic rings. The number of likely N-dealkylation sites (N-methyl/N-ethyl adjacent to an activating group) is 1. The fourth-order valence-electron chi connectivity index (χ4n) is 1.79. The Labute approximate surface area is 101 Å². The Morgan fingerprint density at radius 3 is 2.88 bits per heavy atom. The predicted molar refractivity (Wildman–Crippen MR) is 73.2 cm³/mol. The summed E-state index contributed by atoms with van der Waals surface area (Å²) in [7, 11) is 4.10. The number of anilines is 2. The van der Waals surface area contributed by atoms with Crippen molar-refractivity contribution in [2.45, 2.75) is 0 Å². The molecule has 2 aromatic rings. The average Bonchev–Trinajstić information content (AvgIpc) is 2.29. The topological polar surface area (TPSA) is 54.2 Å². The molecule has 0 saturated carbocycles. The zero-order chi connectivity index (χ0) is 12.3. The van der Waals surface area contributed by atoms with E-state index < -0.39 is 0 Å². The van der Waals surface area contributed by atoms with Gasteiger partial charge in [-0.05, 0) is 31.6 Å². The zero-order valence-electron chi connectivity index (χ0n) is 10.3. The first kappa shape index (κ1) is 11.7. The molecule has 0 amide bonds. The Morgan fingerprint density at radius 2 is 2.12 bits per heavy atom. The molecule has 0 aliphatic heterocycles. The van der Waals surface area contributed by atoms with Gasteiger partial charge in [0.15, 0.2) is 0 Å². The lowest BCUT2D eigenvalue weighted by atomic mass is 10.1. The maximum atomic E-state index is 6.00. The first-order valence-electron chi connectivity index (χ1n) is 5.70. The van der Waals surface area contributed by atoms with Gasteiger partial charge in [-0.1, -0.05) is 12.1 Å². The van der Waals surface area contributed by atoms with Gasteiger partial charge in [-0.15, -0.1) is 0 Å². The van der Waals surface area contributed by atoms with E-state index >= 15 is 0 Å². The van der Waals surface area contributed by atoms with E-state index in [1.165, 1.54) is 0 Å². The van der Waals surface area contributed by atoms with Crippen molar-refractivity contribution < 1.29 is 0 Å². The van der Waals surface area contributed by atoms with E-state index in [9.17, 15) is 0 Å². The highest BCUT2D eigenvalue weighted by Gasteiger charge is 2.04. The van der Waals surface area contributed by atoms with Gasteiger partial charge in [0.25, 0.3) is 0 Å². The van der Waals surface area contributed by atoms with E-state index in [1.54, 1.807) is 6.20 Å². The number of benzene rings is 1. The van der Waals surface area contributed by atoms with E-state index in [4.69, 9.17) is 5.73 Å². The average molecular weight is 230 g/mol. The Hall–Kier alpha value is -1.81. The second-order valence-corrected chi connectivity index (χ2v) is 4.33. The number of pyridine rings is 1. The molecule has 1 aromatic carbocycles. The third-order valence-electron chi connectivity index (χ3n) is 2.67. The number of nitrogens with one attached hydrogen (secondary N) is 1. The van der Waals surface area contributed by atoms with Gasteiger partial charge in [0.1, 0.15) is 5.82 Å². The summed E-state index contributed by atoms with van der Waals surface area (Å²) in [5.41, 5.74) is 6.76. The monoisotopic (exact) mass is 230 g/mol. The molecule has 2 rings (SSSR count). The van der Waals surface area contributed by atoms with Crippen LogP contribution in [0.3, 0.4) is 0 Å². The summed E-state index contributed by atoms with van der Waals surface area (Å²) in [6.45, 7) is 1.82. The molecule has 17 heavy (non-hydrogen) atoms. The van der Waals surface area contributed by atoms with Crippen molar-refractivity contribution in [2.24, 2.45) is 0 Å². The lowest BCUT2D eigenvalue weighted by molar-refractivity contribution is 0.425. The lowest BCUT2D eigenvalue weighted by Gasteiger charge is -2.13. The molecule has 0 atom stereocenters. The number of hydrogen-bond donors (Lipinski definition) is 2. The van der Waals surface area contributed by atoms with Crippen LogP contribution in [-0.4, -0.2) is 37.1 Å². The molecule has 1 heterocycles. The third-order valence-corrected chi connectivity index (χ3v) is 2.67. The van der Waals surface area contributed by atoms with Crippen molar-refractivity contribution >= 4 is 22.3 Å². The molecule has 0 spiro atoms. The Kier molecular flexibility index (Phi) is 3.44. The SMILES string of the molecule is CN(C)CCNc1nccc2cccc(N)c12. The number of nitrogens with two attached hydrogens (primary N) is 1. The molecule has 0 bridgehead atoms. The van der Waals surface area contributed by atoms with E-state index in [0.29, 0.717) is 0 Å². The summed E-state index contributed by atoms with van der Waals surface area (Å²) in [5.74, 6) is 0.863. The van der Waals surface area contributed by atoms with Gasteiger partial charge in [-0.25, -0.2) is 4.98 Å². The molecule has 90 valence electrons. The van der Waals surface area contributed by atoms with Crippen LogP contribution < -0.4 is 11.1 Å². The number of hydrogen-bond acceptors (Lipinski definition) is 4. The van der Waals surface area contributed by atoms with Crippen LogP contribution in [0.5, 0.6) is 0 Å². The van der Waals surface area contributed by atoms with Crippen LogP contribution in [0.4, 0.5) is 11.5 Å². The van der Waals surface area contributed by atoms with Gasteiger partial charge >= 0.3 is 0 Å². The van der Waals surface area contributed by atoms with Crippen molar-refractivity contribution in [2.75, 3.05) is 38.2 Å². The van der Waals surface area contributed by atoms with E-state index in [0.717, 1.165) is 35.4 Å². The third kappa shape index (κ3) is 2.65. The molecule has 0 unspecified atom stereocenters. The van der Waals surface area contributed by atoms with Crippen LogP contribution in [-0.2, 0) is 0 Å². The largest absolute Gasteiger partial charge is 0.398 e. The highest BCUT2D eigenvalue weighted by molar-refractivity contribution is 6.00. The maximum absolute atomic E-state index is 6.00. The van der Waals surface area contributed by atoms with Gasteiger partial charge in [0.05, 0.1) is 0 Å². The summed E-state index contributed by atoms with van der Waals surface area (Å²) in [4.78, 5) is 6.48. The molecule has 1 aromatic heterocycles. The summed E-state index contributed by atoms with van der Waals surface area (Å²) in [5, 5.41) is 5.45. The number of nitrogens with zero attached hydrogens (tertiary/aromatic N) is 2. The Balaban J connectivity index is 2.27. The van der Waals surface area contributed by atoms with Crippen molar-refractivity contribution in [3.05, 3.63) is 30.5 Å². The number of nitrogen functional groups attached to an aromatic ring is 1. The second kappa shape index (κ2) is 5.01. The number of aromatic nitrogens is 1. The molecule has 0 fully saturated rings. The van der Waals surface area contributed by atoms with Gasteiger partial charge in [0, 0.05) is 30.4 Å². The predicted octanol–water partition coefficient (Wildman–Crippen LogP) is 1.79. The molecule has 4 heteroatoms. The summed E-state index contributed by atoms with van der Waals surface area (Å²) in [6, 6.07) is 7.88. The quantitative estimate of drug-likeness (QED) is 0.786. The molecular weight excluding hydrogens is 212 g/mol. The second-order valence-electron chi connectivity index (χ2n) is 4.33. The summed E-state index contributed by atoms with van der Waals surface area (Å²) in [6.07, 6.45) is 1.81. The first-order chi connectivity index (χ1) is 8.18. The van der Waals surface area contributed by atoms with Crippen LogP contribution >= 0.6 is 0 Å². The zero-order valence-corrected chi connectivity index (χ0v) is 10.3. The van der Waals surface area contributed by atoms with E-state index in [1.807, 2.05) is 38.4 Å². The van der Waals surface area contributed by atoms with Crippen LogP contribution in [0.2, 0.25) is 0 Å². The fraction of sp³-hybridized carbons (Fsp3) is 0.308.